The van der Waals surface area contributed by atoms with Gasteiger partial charge < -0.3 is 10.1 Å². The Kier molecular flexibility index (Phi) is 6.86. The maximum atomic E-state index is 12.6. The summed E-state index contributed by atoms with van der Waals surface area (Å²) in [6.45, 7) is 0.0832. The van der Waals surface area contributed by atoms with Crippen LogP contribution in [-0.2, 0) is 13.6 Å². The molecule has 10 heteroatoms. The van der Waals surface area contributed by atoms with E-state index in [0.29, 0.717) is 11.3 Å². The number of alkyl halides is 2. The summed E-state index contributed by atoms with van der Waals surface area (Å²) >= 11 is 0. The lowest BCUT2D eigenvalue weighted by Crippen LogP contribution is -2.30. The molecule has 5 rings (SSSR count). The van der Waals surface area contributed by atoms with E-state index in [1.165, 1.54) is 43.5 Å². The van der Waals surface area contributed by atoms with Crippen molar-refractivity contribution < 1.29 is 18.3 Å². The summed E-state index contributed by atoms with van der Waals surface area (Å²) in [6.07, 6.45) is 7.22. The topological polar surface area (TPSA) is 85.2 Å². The normalized spacial score (nSPS) is 14.3. The number of ether oxygens (including phenoxy) is 1. The molecular formula is C26H26F2N6O2. The molecule has 0 bridgehead atoms. The number of carbonyl (C=O) groups excluding carboxylic acids is 1. The Balaban J connectivity index is 1.36. The first kappa shape index (κ1) is 23.8. The number of nitrogens with one attached hydrogen (secondary N) is 1. The van der Waals surface area contributed by atoms with Crippen molar-refractivity contribution in [1.82, 2.24) is 24.6 Å². The fourth-order valence-electron chi connectivity index (χ4n) is 4.40. The van der Waals surface area contributed by atoms with E-state index in [9.17, 15) is 13.6 Å². The first-order chi connectivity index (χ1) is 17.5. The van der Waals surface area contributed by atoms with Gasteiger partial charge >= 0.3 is 6.61 Å². The van der Waals surface area contributed by atoms with Gasteiger partial charge in [0.15, 0.2) is 0 Å². The van der Waals surface area contributed by atoms with Gasteiger partial charge in [0.2, 0.25) is 0 Å². The Bertz CT molecular complexity index is 1370. The number of rotatable bonds is 7. The Labute approximate surface area is 206 Å². The second kappa shape index (κ2) is 10.4. The molecule has 36 heavy (non-hydrogen) atoms. The van der Waals surface area contributed by atoms with Gasteiger partial charge in [-0.1, -0.05) is 6.42 Å². The molecule has 0 radical (unpaired) electrons. The summed E-state index contributed by atoms with van der Waals surface area (Å²) < 4.78 is 30.9. The average Bonchev–Trinajstić information content (AvgIpc) is 3.24. The quantitative estimate of drug-likeness (QED) is 0.396. The third-order valence-corrected chi connectivity index (χ3v) is 6.32. The van der Waals surface area contributed by atoms with Crippen LogP contribution in [0.2, 0.25) is 0 Å². The summed E-state index contributed by atoms with van der Waals surface area (Å²) in [6, 6.07) is 11.1. The Morgan fingerprint density at radius 2 is 1.86 bits per heavy atom. The number of piperidine rings is 1. The van der Waals surface area contributed by atoms with Crippen LogP contribution in [-0.4, -0.2) is 50.3 Å². The van der Waals surface area contributed by atoms with Crippen LogP contribution in [0, 0.1) is 0 Å². The number of anilines is 1. The minimum Gasteiger partial charge on any atom is -0.435 e. The molecular weight excluding hydrogens is 466 g/mol. The zero-order valence-electron chi connectivity index (χ0n) is 19.8. The van der Waals surface area contributed by atoms with E-state index in [0.717, 1.165) is 42.0 Å². The molecule has 3 aromatic heterocycles. The average molecular weight is 493 g/mol. The highest BCUT2D eigenvalue weighted by atomic mass is 19.3. The van der Waals surface area contributed by atoms with Gasteiger partial charge in [0.25, 0.3) is 5.91 Å². The van der Waals surface area contributed by atoms with Gasteiger partial charge in [-0.2, -0.15) is 13.9 Å². The van der Waals surface area contributed by atoms with Gasteiger partial charge in [-0.25, -0.2) is 9.97 Å². The number of benzene rings is 1. The zero-order valence-corrected chi connectivity index (χ0v) is 19.8. The number of carbonyl (C=O) groups is 1. The molecule has 1 saturated heterocycles. The van der Waals surface area contributed by atoms with Gasteiger partial charge in [0.05, 0.1) is 23.1 Å². The maximum absolute atomic E-state index is 12.6. The second-order valence-corrected chi connectivity index (χ2v) is 8.78. The molecule has 0 spiro atoms. The SMILES string of the molecule is Cn1ncc(-c2ccc3cnc(NC(=O)c4ccc(OC(F)F)cc4)cc3n2)c1CN1CCCCC1. The molecule has 0 unspecified atom stereocenters. The van der Waals surface area contributed by atoms with Crippen molar-refractivity contribution in [1.29, 1.82) is 0 Å². The van der Waals surface area contributed by atoms with Gasteiger partial charge in [-0.05, 0) is 62.3 Å². The molecule has 8 nitrogen and oxygen atoms in total. The zero-order chi connectivity index (χ0) is 25.1. The number of pyridine rings is 2. The van der Waals surface area contributed by atoms with Gasteiger partial charge in [-0.15, -0.1) is 0 Å². The summed E-state index contributed by atoms with van der Waals surface area (Å²) in [5, 5.41) is 8.06. The molecule has 4 aromatic rings. The van der Waals surface area contributed by atoms with Crippen LogP contribution < -0.4 is 10.1 Å². The predicted octanol–water partition coefficient (Wildman–Crippen LogP) is 4.87. The van der Waals surface area contributed by atoms with Crippen LogP contribution in [0.15, 0.2) is 54.9 Å². The smallest absolute Gasteiger partial charge is 0.387 e. The number of fused-ring (bicyclic) bond motifs is 1. The number of hydrogen-bond donors (Lipinski definition) is 1. The van der Waals surface area contributed by atoms with E-state index in [2.05, 4.69) is 25.0 Å². The Morgan fingerprint density at radius 3 is 2.61 bits per heavy atom. The number of nitrogens with zero attached hydrogens (tertiary/aromatic N) is 5. The fraction of sp³-hybridized carbons (Fsp3) is 0.308. The number of aryl methyl sites for hydroxylation is 1. The highest BCUT2D eigenvalue weighted by Gasteiger charge is 2.18. The maximum Gasteiger partial charge on any atom is 0.387 e. The van der Waals surface area contributed by atoms with Gasteiger partial charge in [0.1, 0.15) is 11.6 Å². The number of amides is 1. The summed E-state index contributed by atoms with van der Waals surface area (Å²) in [7, 11) is 1.95. The van der Waals surface area contributed by atoms with Crippen LogP contribution in [0.5, 0.6) is 5.75 Å². The van der Waals surface area contributed by atoms with Crippen molar-refractivity contribution in [2.24, 2.45) is 7.05 Å². The molecule has 1 amide bonds. The van der Waals surface area contributed by atoms with E-state index in [1.807, 2.05) is 30.1 Å². The van der Waals surface area contributed by atoms with Crippen molar-refractivity contribution >= 4 is 22.6 Å². The predicted molar refractivity (Wildman–Crippen MR) is 132 cm³/mol. The second-order valence-electron chi connectivity index (χ2n) is 8.78. The highest BCUT2D eigenvalue weighted by molar-refractivity contribution is 6.04. The monoisotopic (exact) mass is 492 g/mol. The van der Waals surface area contributed by atoms with Crippen LogP contribution in [0.25, 0.3) is 22.2 Å². The molecule has 186 valence electrons. The summed E-state index contributed by atoms with van der Waals surface area (Å²) in [5.74, 6) is -0.0976. The first-order valence-corrected chi connectivity index (χ1v) is 11.8. The lowest BCUT2D eigenvalue weighted by atomic mass is 10.1. The molecule has 1 N–H and O–H groups in total. The van der Waals surface area contributed by atoms with E-state index in [1.54, 1.807) is 12.3 Å². The lowest BCUT2D eigenvalue weighted by Gasteiger charge is -2.26. The Morgan fingerprint density at radius 1 is 1.08 bits per heavy atom. The Hall–Kier alpha value is -3.92. The summed E-state index contributed by atoms with van der Waals surface area (Å²) in [5.41, 5.74) is 3.88. The van der Waals surface area contributed by atoms with Crippen LogP contribution >= 0.6 is 0 Å². The van der Waals surface area contributed by atoms with Crippen LogP contribution in [0.3, 0.4) is 0 Å². The number of halogens is 2. The third kappa shape index (κ3) is 5.33. The van der Waals surface area contributed by atoms with E-state index in [4.69, 9.17) is 4.98 Å². The van der Waals surface area contributed by atoms with Gasteiger partial charge in [0, 0.05) is 42.4 Å². The molecule has 1 aliphatic heterocycles. The number of aromatic nitrogens is 4. The molecule has 0 saturated carbocycles. The minimum absolute atomic E-state index is 0.0165. The van der Waals surface area contributed by atoms with Crippen molar-refractivity contribution in [3.05, 3.63) is 66.1 Å². The standard InChI is InChI=1S/C26H26F2N6O2/c1-33-23(16-34-11-3-2-4-12-34)20(15-30-33)21-10-7-18-14-29-24(13-22(18)31-21)32-25(35)17-5-8-19(9-6-17)36-26(27)28/h5-10,13-15,26H,2-4,11-12,16H2,1H3,(H,29,32,35). The van der Waals surface area contributed by atoms with Crippen LogP contribution in [0.1, 0.15) is 35.3 Å². The van der Waals surface area contributed by atoms with Gasteiger partial charge in [-0.3, -0.25) is 14.4 Å². The lowest BCUT2D eigenvalue weighted by molar-refractivity contribution is -0.0498. The largest absolute Gasteiger partial charge is 0.435 e. The van der Waals surface area contributed by atoms with E-state index >= 15 is 0 Å². The molecule has 1 fully saturated rings. The first-order valence-electron chi connectivity index (χ1n) is 11.8. The van der Waals surface area contributed by atoms with E-state index in [-0.39, 0.29) is 11.3 Å². The molecule has 1 aromatic carbocycles. The van der Waals surface area contributed by atoms with Crippen molar-refractivity contribution in [2.45, 2.75) is 32.4 Å². The fourth-order valence-corrected chi connectivity index (χ4v) is 4.40. The molecule has 0 atom stereocenters. The van der Waals surface area contributed by atoms with Crippen molar-refractivity contribution in [2.75, 3.05) is 18.4 Å². The van der Waals surface area contributed by atoms with E-state index < -0.39 is 12.5 Å². The summed E-state index contributed by atoms with van der Waals surface area (Å²) in [4.78, 5) is 24.2. The number of hydrogen-bond acceptors (Lipinski definition) is 6. The highest BCUT2D eigenvalue weighted by Crippen LogP contribution is 2.27. The molecule has 4 heterocycles. The van der Waals surface area contributed by atoms with Crippen molar-refractivity contribution in [3.8, 4) is 17.0 Å². The molecule has 0 aliphatic carbocycles. The van der Waals surface area contributed by atoms with Crippen molar-refractivity contribution in [3.63, 3.8) is 0 Å². The van der Waals surface area contributed by atoms with Crippen LogP contribution in [0.4, 0.5) is 14.6 Å². The third-order valence-electron chi connectivity index (χ3n) is 6.32. The molecule has 1 aliphatic rings. The minimum atomic E-state index is -2.92. The number of likely N-dealkylation sites (tertiary alicyclic amines) is 1.